The zero-order valence-corrected chi connectivity index (χ0v) is 14.3. The van der Waals surface area contributed by atoms with Crippen molar-refractivity contribution in [2.75, 3.05) is 6.61 Å². The normalized spacial score (nSPS) is 11.0. The monoisotopic (exact) mass is 343 g/mol. The van der Waals surface area contributed by atoms with Gasteiger partial charge in [-0.1, -0.05) is 48.5 Å². The van der Waals surface area contributed by atoms with Gasteiger partial charge in [0.1, 0.15) is 11.8 Å². The number of benzene rings is 3. The molecule has 1 N–H and O–H groups in total. The third-order valence-corrected chi connectivity index (χ3v) is 3.88. The van der Waals surface area contributed by atoms with Crippen molar-refractivity contribution in [3.8, 4) is 11.8 Å². The molecule has 0 unspecified atom stereocenters. The standard InChI is InChI=1S/C21H17N3O2/c1-15(17-11-10-16-6-2-3-7-18(16)12-17)23-24-21(25)14-26-20-9-5-4-8-19(20)13-22/h2-12H,14H2,1H3,(H,24,25). The van der Waals surface area contributed by atoms with E-state index in [1.54, 1.807) is 24.3 Å². The third-order valence-electron chi connectivity index (χ3n) is 3.88. The number of carbonyl (C=O) groups is 1. The first kappa shape index (κ1) is 17.2. The number of hydrogen-bond acceptors (Lipinski definition) is 4. The fourth-order valence-corrected chi connectivity index (χ4v) is 2.49. The summed E-state index contributed by atoms with van der Waals surface area (Å²) >= 11 is 0. The summed E-state index contributed by atoms with van der Waals surface area (Å²) < 4.78 is 5.38. The van der Waals surface area contributed by atoms with Gasteiger partial charge in [-0.3, -0.25) is 4.79 Å². The molecule has 3 aromatic carbocycles. The second-order valence-corrected chi connectivity index (χ2v) is 5.69. The molecule has 0 radical (unpaired) electrons. The Morgan fingerprint density at radius 2 is 1.81 bits per heavy atom. The maximum Gasteiger partial charge on any atom is 0.277 e. The molecule has 128 valence electrons. The molecule has 5 nitrogen and oxygen atoms in total. The number of amides is 1. The number of ether oxygens (including phenoxy) is 1. The lowest BCUT2D eigenvalue weighted by molar-refractivity contribution is -0.123. The fraction of sp³-hybridized carbons (Fsp3) is 0.0952. The summed E-state index contributed by atoms with van der Waals surface area (Å²) in [4.78, 5) is 11.9. The van der Waals surface area contributed by atoms with Crippen LogP contribution in [-0.2, 0) is 4.79 Å². The number of rotatable bonds is 5. The van der Waals surface area contributed by atoms with Crippen molar-refractivity contribution < 1.29 is 9.53 Å². The summed E-state index contributed by atoms with van der Waals surface area (Å²) in [5.74, 6) is -0.0155. The van der Waals surface area contributed by atoms with Gasteiger partial charge in [0.25, 0.3) is 5.91 Å². The maximum absolute atomic E-state index is 11.9. The molecule has 0 aliphatic heterocycles. The quantitative estimate of drug-likeness (QED) is 0.568. The molecule has 0 saturated carbocycles. The number of fused-ring (bicyclic) bond motifs is 1. The topological polar surface area (TPSA) is 74.5 Å². The molecular weight excluding hydrogens is 326 g/mol. The van der Waals surface area contributed by atoms with Gasteiger partial charge in [0, 0.05) is 0 Å². The van der Waals surface area contributed by atoms with Gasteiger partial charge in [0.2, 0.25) is 0 Å². The van der Waals surface area contributed by atoms with Crippen LogP contribution in [0.15, 0.2) is 71.8 Å². The van der Waals surface area contributed by atoms with E-state index < -0.39 is 5.91 Å². The maximum atomic E-state index is 11.9. The number of carbonyl (C=O) groups excluding carboxylic acids is 1. The fourth-order valence-electron chi connectivity index (χ4n) is 2.49. The Balaban J connectivity index is 1.62. The molecule has 0 heterocycles. The molecule has 3 aromatic rings. The molecule has 0 aliphatic rings. The summed E-state index contributed by atoms with van der Waals surface area (Å²) in [6, 6.07) is 22.9. The van der Waals surface area contributed by atoms with Gasteiger partial charge in [-0.25, -0.2) is 5.43 Å². The van der Waals surface area contributed by atoms with Crippen LogP contribution < -0.4 is 10.2 Å². The lowest BCUT2D eigenvalue weighted by Gasteiger charge is -2.07. The molecule has 0 fully saturated rings. The van der Waals surface area contributed by atoms with E-state index in [9.17, 15) is 4.79 Å². The van der Waals surface area contributed by atoms with Crippen molar-refractivity contribution in [3.63, 3.8) is 0 Å². The number of nitrogens with one attached hydrogen (secondary N) is 1. The molecule has 0 aromatic heterocycles. The highest BCUT2D eigenvalue weighted by atomic mass is 16.5. The van der Waals surface area contributed by atoms with Gasteiger partial charge in [-0.15, -0.1) is 0 Å². The van der Waals surface area contributed by atoms with Crippen LogP contribution in [0.3, 0.4) is 0 Å². The highest BCUT2D eigenvalue weighted by Crippen LogP contribution is 2.17. The van der Waals surface area contributed by atoms with Crippen LogP contribution in [0.25, 0.3) is 10.8 Å². The molecule has 0 aliphatic carbocycles. The zero-order chi connectivity index (χ0) is 18.4. The molecular formula is C21H17N3O2. The van der Waals surface area contributed by atoms with Crippen molar-refractivity contribution in [1.29, 1.82) is 5.26 Å². The molecule has 26 heavy (non-hydrogen) atoms. The summed E-state index contributed by atoms with van der Waals surface area (Å²) in [6.07, 6.45) is 0. The van der Waals surface area contributed by atoms with Crippen molar-refractivity contribution >= 4 is 22.4 Å². The molecule has 3 rings (SSSR count). The van der Waals surface area contributed by atoms with Gasteiger partial charge in [0.15, 0.2) is 6.61 Å². The Morgan fingerprint density at radius 3 is 2.62 bits per heavy atom. The lowest BCUT2D eigenvalue weighted by atomic mass is 10.0. The van der Waals surface area contributed by atoms with Crippen LogP contribution in [0.1, 0.15) is 18.1 Å². The summed E-state index contributed by atoms with van der Waals surface area (Å²) in [6.45, 7) is 1.61. The van der Waals surface area contributed by atoms with Crippen molar-refractivity contribution in [1.82, 2.24) is 5.43 Å². The highest BCUT2D eigenvalue weighted by molar-refractivity contribution is 6.02. The van der Waals surface area contributed by atoms with E-state index in [0.717, 1.165) is 16.3 Å². The Labute approximate surface area is 151 Å². The van der Waals surface area contributed by atoms with E-state index in [0.29, 0.717) is 17.0 Å². The number of para-hydroxylation sites is 1. The first-order chi connectivity index (χ1) is 12.7. The van der Waals surface area contributed by atoms with Crippen LogP contribution in [0, 0.1) is 11.3 Å². The first-order valence-corrected chi connectivity index (χ1v) is 8.11. The Kier molecular flexibility index (Phi) is 5.25. The number of nitriles is 1. The van der Waals surface area contributed by atoms with E-state index in [-0.39, 0.29) is 6.61 Å². The van der Waals surface area contributed by atoms with Crippen LogP contribution >= 0.6 is 0 Å². The average molecular weight is 343 g/mol. The van der Waals surface area contributed by atoms with E-state index in [2.05, 4.69) is 10.5 Å². The lowest BCUT2D eigenvalue weighted by Crippen LogP contribution is -2.25. The Bertz CT molecular complexity index is 1020. The highest BCUT2D eigenvalue weighted by Gasteiger charge is 2.06. The number of hydrazone groups is 1. The van der Waals surface area contributed by atoms with Gasteiger partial charge in [-0.2, -0.15) is 10.4 Å². The number of hydrogen-bond donors (Lipinski definition) is 1. The molecule has 1 amide bonds. The Morgan fingerprint density at radius 1 is 1.08 bits per heavy atom. The third kappa shape index (κ3) is 4.05. The van der Waals surface area contributed by atoms with Gasteiger partial charge in [-0.05, 0) is 41.5 Å². The number of nitrogens with zero attached hydrogens (tertiary/aromatic N) is 2. The minimum absolute atomic E-state index is 0.215. The largest absolute Gasteiger partial charge is 0.482 e. The minimum atomic E-state index is -0.391. The average Bonchev–Trinajstić information content (AvgIpc) is 2.70. The molecule has 0 spiro atoms. The zero-order valence-electron chi connectivity index (χ0n) is 14.3. The molecule has 0 saturated heterocycles. The van der Waals surface area contributed by atoms with Gasteiger partial charge >= 0.3 is 0 Å². The van der Waals surface area contributed by atoms with Crippen molar-refractivity contribution in [2.24, 2.45) is 5.10 Å². The van der Waals surface area contributed by atoms with Crippen molar-refractivity contribution in [3.05, 3.63) is 77.9 Å². The van der Waals surface area contributed by atoms with Gasteiger partial charge < -0.3 is 4.74 Å². The van der Waals surface area contributed by atoms with E-state index in [1.807, 2.05) is 55.5 Å². The second kappa shape index (κ2) is 7.95. The van der Waals surface area contributed by atoms with Crippen LogP contribution in [-0.4, -0.2) is 18.2 Å². The van der Waals surface area contributed by atoms with Crippen LogP contribution in [0.4, 0.5) is 0 Å². The first-order valence-electron chi connectivity index (χ1n) is 8.11. The second-order valence-electron chi connectivity index (χ2n) is 5.69. The van der Waals surface area contributed by atoms with Gasteiger partial charge in [0.05, 0.1) is 11.3 Å². The smallest absolute Gasteiger partial charge is 0.277 e. The van der Waals surface area contributed by atoms with E-state index in [1.165, 1.54) is 0 Å². The predicted octanol–water partition coefficient (Wildman–Crippen LogP) is 3.63. The van der Waals surface area contributed by atoms with E-state index >= 15 is 0 Å². The van der Waals surface area contributed by atoms with E-state index in [4.69, 9.17) is 10.00 Å². The Hall–Kier alpha value is -3.65. The predicted molar refractivity (Wildman–Crippen MR) is 101 cm³/mol. The summed E-state index contributed by atoms with van der Waals surface area (Å²) in [5.41, 5.74) is 4.49. The summed E-state index contributed by atoms with van der Waals surface area (Å²) in [5, 5.41) is 15.4. The molecule has 5 heteroatoms. The van der Waals surface area contributed by atoms with Crippen LogP contribution in [0.2, 0.25) is 0 Å². The minimum Gasteiger partial charge on any atom is -0.482 e. The SMILES string of the molecule is CC(=NNC(=O)COc1ccccc1C#N)c1ccc2ccccc2c1. The van der Waals surface area contributed by atoms with Crippen molar-refractivity contribution in [2.45, 2.75) is 6.92 Å². The summed E-state index contributed by atoms with van der Waals surface area (Å²) in [7, 11) is 0. The molecule has 0 atom stereocenters. The molecule has 0 bridgehead atoms. The van der Waals surface area contributed by atoms with Crippen LogP contribution in [0.5, 0.6) is 5.75 Å².